The lowest BCUT2D eigenvalue weighted by molar-refractivity contribution is 0.481. The highest BCUT2D eigenvalue weighted by molar-refractivity contribution is 5.86. The predicted octanol–water partition coefficient (Wildman–Crippen LogP) is 0.798. The summed E-state index contributed by atoms with van der Waals surface area (Å²) in [6, 6.07) is 0. The molecule has 0 amide bonds. The molecule has 4 N–H and O–H groups in total. The van der Waals surface area contributed by atoms with Crippen molar-refractivity contribution in [3.8, 4) is 0 Å². The van der Waals surface area contributed by atoms with Crippen molar-refractivity contribution in [3.05, 3.63) is 0 Å². The maximum atomic E-state index is 5.64. The fraction of sp³-hybridized carbons (Fsp3) is 0.857. The molecule has 1 fully saturated rings. The van der Waals surface area contributed by atoms with Crippen molar-refractivity contribution < 1.29 is 0 Å². The molecule has 0 radical (unpaired) electrons. The van der Waals surface area contributed by atoms with Crippen molar-refractivity contribution in [1.82, 2.24) is 0 Å². The predicted molar refractivity (Wildman–Crippen MR) is 42.4 cm³/mol. The summed E-state index contributed by atoms with van der Waals surface area (Å²) < 4.78 is 0. The van der Waals surface area contributed by atoms with Crippen LogP contribution in [0.5, 0.6) is 0 Å². The summed E-state index contributed by atoms with van der Waals surface area (Å²) in [6.45, 7) is 2.13. The van der Waals surface area contributed by atoms with Gasteiger partial charge in [-0.2, -0.15) is 5.10 Å². The van der Waals surface area contributed by atoms with Gasteiger partial charge in [0.2, 0.25) is 0 Å². The normalized spacial score (nSPS) is 25.1. The maximum absolute atomic E-state index is 5.64. The minimum absolute atomic E-state index is 0.106. The summed E-state index contributed by atoms with van der Waals surface area (Å²) in [5, 5.41) is 3.54. The van der Waals surface area contributed by atoms with Gasteiger partial charge in [-0.3, -0.25) is 0 Å². The van der Waals surface area contributed by atoms with Gasteiger partial charge >= 0.3 is 0 Å². The van der Waals surface area contributed by atoms with Crippen LogP contribution in [0.2, 0.25) is 0 Å². The Morgan fingerprint density at radius 1 is 1.40 bits per heavy atom. The van der Waals surface area contributed by atoms with Crippen LogP contribution in [0.15, 0.2) is 5.10 Å². The molecule has 0 heterocycles. The minimum Gasteiger partial charge on any atom is -0.385 e. The Labute approximate surface area is 61.5 Å². The van der Waals surface area contributed by atoms with Crippen LogP contribution in [0.1, 0.15) is 32.6 Å². The zero-order chi connectivity index (χ0) is 7.61. The first-order chi connectivity index (χ1) is 4.69. The Morgan fingerprint density at radius 2 is 1.90 bits per heavy atom. The monoisotopic (exact) mass is 141 g/mol. The number of amidine groups is 1. The van der Waals surface area contributed by atoms with Crippen LogP contribution >= 0.6 is 0 Å². The Bertz CT molecular complexity index is 145. The highest BCUT2D eigenvalue weighted by Gasteiger charge is 2.32. The number of hydrazone groups is 1. The lowest BCUT2D eigenvalue weighted by Gasteiger charge is -2.21. The molecule has 0 aliphatic heterocycles. The molecule has 3 heteroatoms. The van der Waals surface area contributed by atoms with E-state index in [-0.39, 0.29) is 5.41 Å². The number of hydrogen-bond acceptors (Lipinski definition) is 2. The molecule has 1 aliphatic rings. The van der Waals surface area contributed by atoms with E-state index in [1.807, 2.05) is 0 Å². The van der Waals surface area contributed by atoms with Crippen LogP contribution in [0.4, 0.5) is 0 Å². The van der Waals surface area contributed by atoms with Crippen molar-refractivity contribution in [1.29, 1.82) is 0 Å². The van der Waals surface area contributed by atoms with Gasteiger partial charge in [0.25, 0.3) is 0 Å². The third-order valence-electron chi connectivity index (χ3n) is 2.46. The molecule has 1 aliphatic carbocycles. The molecule has 0 saturated heterocycles. The van der Waals surface area contributed by atoms with E-state index >= 15 is 0 Å². The van der Waals surface area contributed by atoms with Gasteiger partial charge < -0.3 is 11.6 Å². The van der Waals surface area contributed by atoms with Gasteiger partial charge in [0, 0.05) is 5.41 Å². The molecule has 0 aromatic rings. The summed E-state index contributed by atoms with van der Waals surface area (Å²) in [6.07, 6.45) is 4.79. The SMILES string of the molecule is CC1(C(N)=NN)CCCC1. The van der Waals surface area contributed by atoms with Crippen LogP contribution < -0.4 is 11.6 Å². The van der Waals surface area contributed by atoms with Gasteiger partial charge in [0.05, 0.1) is 0 Å². The highest BCUT2D eigenvalue weighted by Crippen LogP contribution is 2.37. The molecule has 1 rings (SSSR count). The third kappa shape index (κ3) is 1.08. The maximum Gasteiger partial charge on any atom is 0.125 e. The first kappa shape index (κ1) is 7.38. The summed E-state index contributed by atoms with van der Waals surface area (Å²) in [7, 11) is 0. The van der Waals surface area contributed by atoms with Crippen LogP contribution in [-0.2, 0) is 0 Å². The second-order valence-corrected chi connectivity index (χ2v) is 3.28. The summed E-state index contributed by atoms with van der Waals surface area (Å²) in [5.41, 5.74) is 5.74. The topological polar surface area (TPSA) is 64.4 Å². The van der Waals surface area contributed by atoms with Crippen LogP contribution in [-0.4, -0.2) is 5.84 Å². The lowest BCUT2D eigenvalue weighted by Crippen LogP contribution is -2.32. The molecule has 0 bridgehead atoms. The lowest BCUT2D eigenvalue weighted by atomic mass is 9.88. The van der Waals surface area contributed by atoms with Gasteiger partial charge in [-0.25, -0.2) is 0 Å². The molecule has 3 nitrogen and oxygen atoms in total. The largest absolute Gasteiger partial charge is 0.385 e. The Hall–Kier alpha value is -0.730. The van der Waals surface area contributed by atoms with Crippen molar-refractivity contribution in [3.63, 3.8) is 0 Å². The number of hydrogen-bond donors (Lipinski definition) is 2. The molecule has 0 atom stereocenters. The van der Waals surface area contributed by atoms with E-state index in [1.165, 1.54) is 12.8 Å². The minimum atomic E-state index is 0.106. The standard InChI is InChI=1S/C7H15N3/c1-7(6(8)10-9)4-2-3-5-7/h2-5,9H2,1H3,(H2,8,10). The zero-order valence-corrected chi connectivity index (χ0v) is 6.43. The van der Waals surface area contributed by atoms with Crippen molar-refractivity contribution in [2.45, 2.75) is 32.6 Å². The summed E-state index contributed by atoms with van der Waals surface area (Å²) in [5.74, 6) is 5.72. The second kappa shape index (κ2) is 2.48. The van der Waals surface area contributed by atoms with Gasteiger partial charge in [0.15, 0.2) is 0 Å². The Morgan fingerprint density at radius 3 is 2.30 bits per heavy atom. The molecule has 0 aromatic carbocycles. The Kier molecular flexibility index (Phi) is 1.83. The van der Waals surface area contributed by atoms with Gasteiger partial charge in [-0.05, 0) is 12.8 Å². The van der Waals surface area contributed by atoms with Crippen LogP contribution in [0.3, 0.4) is 0 Å². The average Bonchev–Trinajstić information content (AvgIpc) is 2.36. The fourth-order valence-electron chi connectivity index (χ4n) is 1.57. The first-order valence-electron chi connectivity index (χ1n) is 3.73. The zero-order valence-electron chi connectivity index (χ0n) is 6.43. The molecular weight excluding hydrogens is 126 g/mol. The average molecular weight is 141 g/mol. The van der Waals surface area contributed by atoms with Crippen molar-refractivity contribution in [2.75, 3.05) is 0 Å². The smallest absolute Gasteiger partial charge is 0.125 e. The van der Waals surface area contributed by atoms with E-state index in [0.29, 0.717) is 5.84 Å². The van der Waals surface area contributed by atoms with E-state index in [0.717, 1.165) is 12.8 Å². The summed E-state index contributed by atoms with van der Waals surface area (Å²) in [4.78, 5) is 0. The number of nitrogens with zero attached hydrogens (tertiary/aromatic N) is 1. The highest BCUT2D eigenvalue weighted by atomic mass is 15.2. The second-order valence-electron chi connectivity index (χ2n) is 3.28. The van der Waals surface area contributed by atoms with E-state index in [4.69, 9.17) is 11.6 Å². The van der Waals surface area contributed by atoms with E-state index in [2.05, 4.69) is 12.0 Å². The number of nitrogens with two attached hydrogens (primary N) is 2. The molecule has 10 heavy (non-hydrogen) atoms. The van der Waals surface area contributed by atoms with Crippen LogP contribution in [0, 0.1) is 5.41 Å². The summed E-state index contributed by atoms with van der Waals surface area (Å²) >= 11 is 0. The van der Waals surface area contributed by atoms with E-state index in [9.17, 15) is 0 Å². The first-order valence-corrected chi connectivity index (χ1v) is 3.73. The number of rotatable bonds is 1. The van der Waals surface area contributed by atoms with Gasteiger partial charge in [-0.15, -0.1) is 0 Å². The quantitative estimate of drug-likeness (QED) is 0.245. The van der Waals surface area contributed by atoms with Crippen molar-refractivity contribution >= 4 is 5.84 Å². The third-order valence-corrected chi connectivity index (χ3v) is 2.46. The van der Waals surface area contributed by atoms with Gasteiger partial charge in [0.1, 0.15) is 5.84 Å². The fourth-order valence-corrected chi connectivity index (χ4v) is 1.57. The van der Waals surface area contributed by atoms with Crippen molar-refractivity contribution in [2.24, 2.45) is 22.1 Å². The Balaban J connectivity index is 2.67. The molecule has 0 spiro atoms. The molecule has 0 aromatic heterocycles. The molecule has 58 valence electrons. The van der Waals surface area contributed by atoms with E-state index < -0.39 is 0 Å². The van der Waals surface area contributed by atoms with Crippen LogP contribution in [0.25, 0.3) is 0 Å². The molecular formula is C7H15N3. The van der Waals surface area contributed by atoms with Gasteiger partial charge in [-0.1, -0.05) is 19.8 Å². The van der Waals surface area contributed by atoms with E-state index in [1.54, 1.807) is 0 Å². The molecule has 1 saturated carbocycles. The molecule has 0 unspecified atom stereocenters.